The second-order valence-electron chi connectivity index (χ2n) is 6.59. The summed E-state index contributed by atoms with van der Waals surface area (Å²) in [5.74, 6) is 2.26. The van der Waals surface area contributed by atoms with Gasteiger partial charge in [-0.2, -0.15) is 0 Å². The first-order valence-corrected chi connectivity index (χ1v) is 9.17. The maximum absolute atomic E-state index is 11.4. The van der Waals surface area contributed by atoms with Crippen molar-refractivity contribution in [3.8, 4) is 11.5 Å². The molecule has 1 atom stereocenters. The zero-order chi connectivity index (χ0) is 19.2. The van der Waals surface area contributed by atoms with Gasteiger partial charge in [-0.15, -0.1) is 0 Å². The van der Waals surface area contributed by atoms with Gasteiger partial charge in [-0.05, 0) is 60.5 Å². The van der Waals surface area contributed by atoms with Gasteiger partial charge in [0.1, 0.15) is 23.9 Å². The third kappa shape index (κ3) is 4.86. The van der Waals surface area contributed by atoms with Crippen molar-refractivity contribution in [1.29, 1.82) is 0 Å². The highest BCUT2D eigenvalue weighted by atomic mass is 16.5. The number of morpholine rings is 1. The van der Waals surface area contributed by atoms with Crippen molar-refractivity contribution < 1.29 is 14.3 Å². The summed E-state index contributed by atoms with van der Waals surface area (Å²) < 4.78 is 11.2. The van der Waals surface area contributed by atoms with Crippen LogP contribution in [0, 0.1) is 0 Å². The Labute approximate surface area is 163 Å². The Morgan fingerprint density at radius 1 is 1.04 bits per heavy atom. The molecule has 1 saturated heterocycles. The first-order valence-electron chi connectivity index (χ1n) is 9.17. The van der Waals surface area contributed by atoms with E-state index in [0.717, 1.165) is 35.0 Å². The molecule has 2 aromatic carbocycles. The molecule has 1 aromatic heterocycles. The molecule has 0 bridgehead atoms. The topological polar surface area (TPSA) is 72.5 Å². The van der Waals surface area contributed by atoms with E-state index in [-0.39, 0.29) is 18.6 Å². The summed E-state index contributed by atoms with van der Waals surface area (Å²) in [5.41, 5.74) is 2.07. The van der Waals surface area contributed by atoms with Gasteiger partial charge in [-0.3, -0.25) is 4.79 Å². The molecular weight excluding hydrogens is 354 g/mol. The molecule has 1 aliphatic heterocycles. The van der Waals surface area contributed by atoms with Crippen LogP contribution in [0.15, 0.2) is 72.9 Å². The van der Waals surface area contributed by atoms with Gasteiger partial charge in [0.25, 0.3) is 0 Å². The number of nitrogens with zero attached hydrogens (tertiary/aromatic N) is 1. The highest BCUT2D eigenvalue weighted by molar-refractivity contribution is 5.78. The number of carbonyl (C=O) groups is 1. The standard InChI is InChI=1S/C22H21N3O3/c26-22-15-27-14-18(25-22)13-16-4-8-19(9-5-16)28-20-10-6-17(7-11-20)24-21-3-1-2-12-23-21/h1-12,18H,13-15H2,(H,23,24)(H,25,26). The molecule has 1 unspecified atom stereocenters. The molecule has 6 heteroatoms. The lowest BCUT2D eigenvalue weighted by atomic mass is 10.1. The fraction of sp³-hybridized carbons (Fsp3) is 0.182. The SMILES string of the molecule is O=C1COCC(Cc2ccc(Oc3ccc(Nc4ccccn4)cc3)cc2)N1. The van der Waals surface area contributed by atoms with E-state index < -0.39 is 0 Å². The van der Waals surface area contributed by atoms with Gasteiger partial charge in [-0.25, -0.2) is 4.98 Å². The van der Waals surface area contributed by atoms with Crippen LogP contribution in [0.25, 0.3) is 0 Å². The number of aromatic nitrogens is 1. The average molecular weight is 375 g/mol. The minimum absolute atomic E-state index is 0.0205. The van der Waals surface area contributed by atoms with Crippen LogP contribution >= 0.6 is 0 Å². The molecule has 28 heavy (non-hydrogen) atoms. The zero-order valence-electron chi connectivity index (χ0n) is 15.3. The second kappa shape index (κ2) is 8.54. The molecule has 0 saturated carbocycles. The van der Waals surface area contributed by atoms with E-state index in [2.05, 4.69) is 15.6 Å². The van der Waals surface area contributed by atoms with E-state index in [4.69, 9.17) is 9.47 Å². The maximum atomic E-state index is 11.4. The van der Waals surface area contributed by atoms with Gasteiger partial charge in [0.15, 0.2) is 0 Å². The molecule has 0 radical (unpaired) electrons. The van der Waals surface area contributed by atoms with Crippen molar-refractivity contribution in [3.63, 3.8) is 0 Å². The normalized spacial score (nSPS) is 16.3. The quantitative estimate of drug-likeness (QED) is 0.688. The lowest BCUT2D eigenvalue weighted by Crippen LogP contribution is -2.46. The van der Waals surface area contributed by atoms with Crippen LogP contribution in [0.5, 0.6) is 11.5 Å². The lowest BCUT2D eigenvalue weighted by Gasteiger charge is -2.23. The third-order valence-electron chi connectivity index (χ3n) is 4.35. The number of benzene rings is 2. The van der Waals surface area contributed by atoms with Crippen molar-refractivity contribution in [1.82, 2.24) is 10.3 Å². The number of ether oxygens (including phenoxy) is 2. The molecule has 3 aromatic rings. The van der Waals surface area contributed by atoms with Crippen LogP contribution in [0.3, 0.4) is 0 Å². The molecule has 1 aliphatic rings. The van der Waals surface area contributed by atoms with Crippen LogP contribution in [-0.2, 0) is 16.0 Å². The number of nitrogens with one attached hydrogen (secondary N) is 2. The molecule has 0 spiro atoms. The van der Waals surface area contributed by atoms with Gasteiger partial charge < -0.3 is 20.1 Å². The van der Waals surface area contributed by atoms with Gasteiger partial charge in [-0.1, -0.05) is 18.2 Å². The van der Waals surface area contributed by atoms with E-state index in [1.807, 2.05) is 66.7 Å². The molecular formula is C22H21N3O3. The van der Waals surface area contributed by atoms with E-state index >= 15 is 0 Å². The average Bonchev–Trinajstić information content (AvgIpc) is 2.72. The Morgan fingerprint density at radius 3 is 2.46 bits per heavy atom. The van der Waals surface area contributed by atoms with E-state index in [0.29, 0.717) is 6.61 Å². The summed E-state index contributed by atoms with van der Waals surface area (Å²) >= 11 is 0. The van der Waals surface area contributed by atoms with E-state index in [1.54, 1.807) is 6.20 Å². The molecule has 1 amide bonds. The first-order chi connectivity index (χ1) is 13.7. The van der Waals surface area contributed by atoms with Crippen molar-refractivity contribution in [2.24, 2.45) is 0 Å². The predicted octanol–water partition coefficient (Wildman–Crippen LogP) is 3.68. The number of hydrogen-bond acceptors (Lipinski definition) is 5. The summed E-state index contributed by atoms with van der Waals surface area (Å²) in [6.07, 6.45) is 2.48. The largest absolute Gasteiger partial charge is 0.457 e. The van der Waals surface area contributed by atoms with Gasteiger partial charge in [0.2, 0.25) is 5.91 Å². The van der Waals surface area contributed by atoms with Crippen molar-refractivity contribution in [2.75, 3.05) is 18.5 Å². The number of amides is 1. The Balaban J connectivity index is 1.33. The van der Waals surface area contributed by atoms with Gasteiger partial charge >= 0.3 is 0 Å². The minimum Gasteiger partial charge on any atom is -0.457 e. The monoisotopic (exact) mass is 375 g/mol. The van der Waals surface area contributed by atoms with Crippen molar-refractivity contribution >= 4 is 17.4 Å². The Hall–Kier alpha value is -3.38. The number of carbonyl (C=O) groups excluding carboxylic acids is 1. The number of hydrogen-bond donors (Lipinski definition) is 2. The van der Waals surface area contributed by atoms with Crippen LogP contribution < -0.4 is 15.4 Å². The molecule has 142 valence electrons. The van der Waals surface area contributed by atoms with Crippen molar-refractivity contribution in [3.05, 3.63) is 78.5 Å². The fourth-order valence-corrected chi connectivity index (χ4v) is 3.02. The van der Waals surface area contributed by atoms with Crippen LogP contribution in [-0.4, -0.2) is 30.1 Å². The summed E-state index contributed by atoms with van der Waals surface area (Å²) in [6, 6.07) is 21.3. The van der Waals surface area contributed by atoms with Gasteiger partial charge in [0, 0.05) is 11.9 Å². The number of anilines is 2. The lowest BCUT2D eigenvalue weighted by molar-refractivity contribution is -0.131. The summed E-state index contributed by atoms with van der Waals surface area (Å²) in [6.45, 7) is 0.697. The molecule has 1 fully saturated rings. The summed E-state index contributed by atoms with van der Waals surface area (Å²) in [4.78, 5) is 15.6. The minimum atomic E-state index is -0.0582. The predicted molar refractivity (Wildman–Crippen MR) is 107 cm³/mol. The summed E-state index contributed by atoms with van der Waals surface area (Å²) in [5, 5.41) is 6.17. The maximum Gasteiger partial charge on any atom is 0.246 e. The smallest absolute Gasteiger partial charge is 0.246 e. The summed E-state index contributed by atoms with van der Waals surface area (Å²) in [7, 11) is 0. The van der Waals surface area contributed by atoms with Crippen molar-refractivity contribution in [2.45, 2.75) is 12.5 Å². The van der Waals surface area contributed by atoms with E-state index in [9.17, 15) is 4.79 Å². The number of rotatable bonds is 6. The number of pyridine rings is 1. The van der Waals surface area contributed by atoms with Gasteiger partial charge in [0.05, 0.1) is 12.6 Å². The third-order valence-corrected chi connectivity index (χ3v) is 4.35. The zero-order valence-corrected chi connectivity index (χ0v) is 15.3. The van der Waals surface area contributed by atoms with Crippen LogP contribution in [0.1, 0.15) is 5.56 Å². The van der Waals surface area contributed by atoms with Crippen LogP contribution in [0.4, 0.5) is 11.5 Å². The molecule has 6 nitrogen and oxygen atoms in total. The molecule has 2 heterocycles. The Kier molecular flexibility index (Phi) is 5.49. The Bertz CT molecular complexity index is 912. The highest BCUT2D eigenvalue weighted by Gasteiger charge is 2.18. The molecule has 2 N–H and O–H groups in total. The van der Waals surface area contributed by atoms with Crippen LogP contribution in [0.2, 0.25) is 0 Å². The van der Waals surface area contributed by atoms with E-state index in [1.165, 1.54) is 0 Å². The molecule has 4 rings (SSSR count). The second-order valence-corrected chi connectivity index (χ2v) is 6.59. The Morgan fingerprint density at radius 2 is 1.79 bits per heavy atom. The fourth-order valence-electron chi connectivity index (χ4n) is 3.02. The first kappa shape index (κ1) is 18.0. The molecule has 0 aliphatic carbocycles. The highest BCUT2D eigenvalue weighted by Crippen LogP contribution is 2.24.